The standard InChI is InChI=1S/C11H20/c1-6-10(4)11(5)8-7-9(2)3/h6-7,11H,8H2,1-5H3/b10-6+. The van der Waals surface area contributed by atoms with Gasteiger partial charge in [-0.25, -0.2) is 0 Å². The SMILES string of the molecule is C/C=C(\C)C(C)CC=C(C)C. The Morgan fingerprint density at radius 3 is 2.18 bits per heavy atom. The first-order chi connectivity index (χ1) is 5.07. The molecule has 0 aromatic rings. The van der Waals surface area contributed by atoms with E-state index >= 15 is 0 Å². The van der Waals surface area contributed by atoms with Gasteiger partial charge in [0.1, 0.15) is 0 Å². The Labute approximate surface area is 71.0 Å². The molecule has 0 saturated carbocycles. The highest BCUT2D eigenvalue weighted by molar-refractivity contribution is 5.04. The Morgan fingerprint density at radius 1 is 1.27 bits per heavy atom. The monoisotopic (exact) mass is 152 g/mol. The van der Waals surface area contributed by atoms with Crippen LogP contribution in [0.5, 0.6) is 0 Å². The second-order valence-electron chi connectivity index (χ2n) is 3.45. The first-order valence-corrected chi connectivity index (χ1v) is 4.34. The Balaban J connectivity index is 3.88. The number of hydrogen-bond acceptors (Lipinski definition) is 0. The van der Waals surface area contributed by atoms with Crippen LogP contribution in [0.3, 0.4) is 0 Å². The van der Waals surface area contributed by atoms with Gasteiger partial charge in [0, 0.05) is 0 Å². The van der Waals surface area contributed by atoms with Crippen LogP contribution >= 0.6 is 0 Å². The maximum Gasteiger partial charge on any atom is -0.0200 e. The highest BCUT2D eigenvalue weighted by Gasteiger charge is 1.99. The van der Waals surface area contributed by atoms with Crippen LogP contribution < -0.4 is 0 Å². The third-order valence-electron chi connectivity index (χ3n) is 2.11. The summed E-state index contributed by atoms with van der Waals surface area (Å²) in [6.07, 6.45) is 5.68. The lowest BCUT2D eigenvalue weighted by molar-refractivity contribution is 0.690. The predicted octanol–water partition coefficient (Wildman–Crippen LogP) is 3.95. The van der Waals surface area contributed by atoms with Crippen molar-refractivity contribution in [2.75, 3.05) is 0 Å². The van der Waals surface area contributed by atoms with E-state index in [1.165, 1.54) is 17.6 Å². The van der Waals surface area contributed by atoms with Gasteiger partial charge in [0.05, 0.1) is 0 Å². The van der Waals surface area contributed by atoms with Crippen molar-refractivity contribution in [1.82, 2.24) is 0 Å². The molecule has 0 rings (SSSR count). The van der Waals surface area contributed by atoms with Gasteiger partial charge in [0.25, 0.3) is 0 Å². The molecular weight excluding hydrogens is 132 g/mol. The minimum atomic E-state index is 0.704. The fourth-order valence-corrected chi connectivity index (χ4v) is 0.883. The highest BCUT2D eigenvalue weighted by Crippen LogP contribution is 2.14. The highest BCUT2D eigenvalue weighted by atomic mass is 14.0. The van der Waals surface area contributed by atoms with Gasteiger partial charge >= 0.3 is 0 Å². The Morgan fingerprint density at radius 2 is 1.82 bits per heavy atom. The van der Waals surface area contributed by atoms with E-state index in [-0.39, 0.29) is 0 Å². The lowest BCUT2D eigenvalue weighted by Gasteiger charge is -2.08. The lowest BCUT2D eigenvalue weighted by Crippen LogP contribution is -1.93. The summed E-state index contributed by atoms with van der Waals surface area (Å²) in [5, 5.41) is 0. The van der Waals surface area contributed by atoms with E-state index in [9.17, 15) is 0 Å². The second-order valence-corrected chi connectivity index (χ2v) is 3.45. The predicted molar refractivity (Wildman–Crippen MR) is 52.6 cm³/mol. The van der Waals surface area contributed by atoms with Gasteiger partial charge in [-0.2, -0.15) is 0 Å². The van der Waals surface area contributed by atoms with E-state index in [0.717, 1.165) is 0 Å². The van der Waals surface area contributed by atoms with Crippen molar-refractivity contribution >= 4 is 0 Å². The van der Waals surface area contributed by atoms with Crippen molar-refractivity contribution in [3.05, 3.63) is 23.3 Å². The summed E-state index contributed by atoms with van der Waals surface area (Å²) in [6.45, 7) is 10.9. The molecule has 0 N–H and O–H groups in total. The zero-order valence-electron chi connectivity index (χ0n) is 8.44. The largest absolute Gasteiger partial charge is 0.0885 e. The molecular formula is C11H20. The summed E-state index contributed by atoms with van der Waals surface area (Å²) in [4.78, 5) is 0. The summed E-state index contributed by atoms with van der Waals surface area (Å²) in [6, 6.07) is 0. The fourth-order valence-electron chi connectivity index (χ4n) is 0.883. The summed E-state index contributed by atoms with van der Waals surface area (Å²) in [5.41, 5.74) is 2.91. The number of hydrogen-bond donors (Lipinski definition) is 0. The summed E-state index contributed by atoms with van der Waals surface area (Å²) in [5.74, 6) is 0.704. The molecule has 0 heterocycles. The van der Waals surface area contributed by atoms with Gasteiger partial charge < -0.3 is 0 Å². The third-order valence-corrected chi connectivity index (χ3v) is 2.11. The molecule has 0 aliphatic carbocycles. The molecule has 0 aliphatic heterocycles. The maximum absolute atomic E-state index is 2.30. The van der Waals surface area contributed by atoms with Gasteiger partial charge in [0.2, 0.25) is 0 Å². The van der Waals surface area contributed by atoms with Crippen LogP contribution in [0.4, 0.5) is 0 Å². The van der Waals surface area contributed by atoms with Gasteiger partial charge in [-0.05, 0) is 40.0 Å². The van der Waals surface area contributed by atoms with Crippen molar-refractivity contribution < 1.29 is 0 Å². The first-order valence-electron chi connectivity index (χ1n) is 4.34. The maximum atomic E-state index is 2.30. The molecule has 0 aliphatic rings. The van der Waals surface area contributed by atoms with E-state index in [1.54, 1.807) is 0 Å². The van der Waals surface area contributed by atoms with Crippen molar-refractivity contribution in [3.8, 4) is 0 Å². The molecule has 1 atom stereocenters. The lowest BCUT2D eigenvalue weighted by atomic mass is 9.98. The third kappa shape index (κ3) is 4.83. The van der Waals surface area contributed by atoms with Crippen molar-refractivity contribution in [1.29, 1.82) is 0 Å². The molecule has 0 nitrogen and oxygen atoms in total. The Hall–Kier alpha value is -0.520. The minimum Gasteiger partial charge on any atom is -0.0885 e. The molecule has 0 heteroatoms. The van der Waals surface area contributed by atoms with E-state index < -0.39 is 0 Å². The molecule has 0 fully saturated rings. The molecule has 1 unspecified atom stereocenters. The number of allylic oxidation sites excluding steroid dienone is 4. The topological polar surface area (TPSA) is 0 Å². The molecule has 11 heavy (non-hydrogen) atoms. The van der Waals surface area contributed by atoms with E-state index in [0.29, 0.717) is 5.92 Å². The molecule has 0 aromatic carbocycles. The van der Waals surface area contributed by atoms with Crippen molar-refractivity contribution in [3.63, 3.8) is 0 Å². The molecule has 0 saturated heterocycles. The normalized spacial score (nSPS) is 14.5. The van der Waals surface area contributed by atoms with E-state index in [2.05, 4.69) is 46.8 Å². The molecule has 0 aromatic heterocycles. The molecule has 0 bridgehead atoms. The van der Waals surface area contributed by atoms with Gasteiger partial charge in [0.15, 0.2) is 0 Å². The van der Waals surface area contributed by atoms with Crippen LogP contribution in [0, 0.1) is 5.92 Å². The van der Waals surface area contributed by atoms with Gasteiger partial charge in [-0.3, -0.25) is 0 Å². The minimum absolute atomic E-state index is 0.704. The molecule has 0 radical (unpaired) electrons. The van der Waals surface area contributed by atoms with Crippen LogP contribution in [-0.4, -0.2) is 0 Å². The summed E-state index contributed by atoms with van der Waals surface area (Å²) in [7, 11) is 0. The molecule has 0 spiro atoms. The van der Waals surface area contributed by atoms with Crippen LogP contribution in [0.15, 0.2) is 23.3 Å². The Kier molecular flexibility index (Phi) is 4.93. The van der Waals surface area contributed by atoms with E-state index in [1.807, 2.05) is 0 Å². The Bertz CT molecular complexity index is 157. The first kappa shape index (κ1) is 10.5. The van der Waals surface area contributed by atoms with Crippen LogP contribution in [0.2, 0.25) is 0 Å². The van der Waals surface area contributed by atoms with Crippen molar-refractivity contribution in [2.24, 2.45) is 5.92 Å². The van der Waals surface area contributed by atoms with Crippen LogP contribution in [0.25, 0.3) is 0 Å². The van der Waals surface area contributed by atoms with Gasteiger partial charge in [-0.15, -0.1) is 0 Å². The smallest absolute Gasteiger partial charge is 0.0200 e. The van der Waals surface area contributed by atoms with Crippen LogP contribution in [-0.2, 0) is 0 Å². The van der Waals surface area contributed by atoms with Crippen LogP contribution in [0.1, 0.15) is 41.0 Å². The molecule has 0 amide bonds. The average Bonchev–Trinajstić information content (AvgIpc) is 1.98. The number of rotatable bonds is 3. The fraction of sp³-hybridized carbons (Fsp3) is 0.636. The molecule has 64 valence electrons. The van der Waals surface area contributed by atoms with Crippen molar-refractivity contribution in [2.45, 2.75) is 41.0 Å². The zero-order chi connectivity index (χ0) is 8.85. The second kappa shape index (κ2) is 5.17. The quantitative estimate of drug-likeness (QED) is 0.537. The summed E-state index contributed by atoms with van der Waals surface area (Å²) >= 11 is 0. The van der Waals surface area contributed by atoms with Gasteiger partial charge in [-0.1, -0.05) is 30.2 Å². The zero-order valence-corrected chi connectivity index (χ0v) is 8.44. The average molecular weight is 152 g/mol. The summed E-state index contributed by atoms with van der Waals surface area (Å²) < 4.78 is 0. The van der Waals surface area contributed by atoms with E-state index in [4.69, 9.17) is 0 Å².